The first-order valence-electron chi connectivity index (χ1n) is 3.99. The van der Waals surface area contributed by atoms with Crippen LogP contribution < -0.4 is 0 Å². The molecular weight excluding hydrogens is 248 g/mol. The quantitative estimate of drug-likeness (QED) is 0.230. The van der Waals surface area contributed by atoms with E-state index in [-0.39, 0.29) is 6.29 Å². The van der Waals surface area contributed by atoms with Crippen molar-refractivity contribution in [2.45, 2.75) is 24.4 Å². The average Bonchev–Trinajstić information content (AvgIpc) is 2.21. The van der Waals surface area contributed by atoms with E-state index in [1.165, 1.54) is 0 Å². The fourth-order valence-electron chi connectivity index (χ4n) is 0.868. The summed E-state index contributed by atoms with van der Waals surface area (Å²) in [5, 5.41) is 35.6. The zero-order chi connectivity index (χ0) is 12.9. The fraction of sp³-hybridized carbons (Fsp3) is 0.833. The van der Waals surface area contributed by atoms with Gasteiger partial charge in [-0.25, -0.2) is 4.18 Å². The monoisotopic (exact) mass is 260 g/mol. The first-order valence-corrected chi connectivity index (χ1v) is 5.35. The fourth-order valence-corrected chi connectivity index (χ4v) is 1.39. The van der Waals surface area contributed by atoms with Crippen molar-refractivity contribution in [1.29, 1.82) is 0 Å². The van der Waals surface area contributed by atoms with Gasteiger partial charge >= 0.3 is 10.4 Å². The Bertz CT molecular complexity index is 312. The van der Waals surface area contributed by atoms with Crippen molar-refractivity contribution >= 4 is 16.7 Å². The van der Waals surface area contributed by atoms with E-state index in [9.17, 15) is 18.3 Å². The van der Waals surface area contributed by atoms with Crippen LogP contribution in [0.15, 0.2) is 0 Å². The average molecular weight is 260 g/mol. The van der Waals surface area contributed by atoms with Gasteiger partial charge in [0, 0.05) is 0 Å². The van der Waals surface area contributed by atoms with Gasteiger partial charge in [-0.15, -0.1) is 0 Å². The van der Waals surface area contributed by atoms with Crippen molar-refractivity contribution in [3.8, 4) is 0 Å². The number of aliphatic hydroxyl groups excluding tert-OH is 4. The molecule has 96 valence electrons. The van der Waals surface area contributed by atoms with Crippen molar-refractivity contribution in [2.75, 3.05) is 6.61 Å². The molecule has 0 saturated carbocycles. The van der Waals surface area contributed by atoms with Gasteiger partial charge in [0.05, 0.1) is 6.61 Å². The van der Waals surface area contributed by atoms with Crippen LogP contribution in [0.5, 0.6) is 0 Å². The maximum absolute atomic E-state index is 10.3. The van der Waals surface area contributed by atoms with Crippen LogP contribution in [0.1, 0.15) is 0 Å². The summed E-state index contributed by atoms with van der Waals surface area (Å²) < 4.78 is 32.8. The summed E-state index contributed by atoms with van der Waals surface area (Å²) in [5.74, 6) is 0. The lowest BCUT2D eigenvalue weighted by Crippen LogP contribution is -2.48. The Morgan fingerprint density at radius 2 is 1.75 bits per heavy atom. The van der Waals surface area contributed by atoms with Crippen LogP contribution in [0.25, 0.3) is 0 Å². The highest BCUT2D eigenvalue weighted by atomic mass is 32.3. The third-order valence-corrected chi connectivity index (χ3v) is 2.09. The van der Waals surface area contributed by atoms with E-state index >= 15 is 0 Å². The summed E-state index contributed by atoms with van der Waals surface area (Å²) in [6.07, 6.45) is -8.27. The van der Waals surface area contributed by atoms with Crippen molar-refractivity contribution in [1.82, 2.24) is 0 Å². The maximum Gasteiger partial charge on any atom is 0.397 e. The Hall–Kier alpha value is -0.620. The summed E-state index contributed by atoms with van der Waals surface area (Å²) in [5.41, 5.74) is 0. The Kier molecular flexibility index (Phi) is 5.96. The summed E-state index contributed by atoms with van der Waals surface area (Å²) in [6.45, 7) is -1.01. The summed E-state index contributed by atoms with van der Waals surface area (Å²) in [7, 11) is -5.02. The Morgan fingerprint density at radius 3 is 2.06 bits per heavy atom. The molecule has 0 aromatic rings. The van der Waals surface area contributed by atoms with Gasteiger partial charge in [-0.3, -0.25) is 4.55 Å². The predicted molar refractivity (Wildman–Crippen MR) is 47.6 cm³/mol. The lowest BCUT2D eigenvalue weighted by atomic mass is 10.0. The van der Waals surface area contributed by atoms with E-state index in [2.05, 4.69) is 4.18 Å². The Balaban J connectivity index is 4.86. The van der Waals surface area contributed by atoms with Gasteiger partial charge in [0.1, 0.15) is 24.4 Å². The SMILES string of the molecule is O=C[C@@H](O)[C@H](O)[C@@H](OS(=O)(=O)O)[C@H](O)CO. The lowest BCUT2D eigenvalue weighted by Gasteiger charge is -2.25. The van der Waals surface area contributed by atoms with E-state index in [0.717, 1.165) is 0 Å². The zero-order valence-corrected chi connectivity index (χ0v) is 8.69. The number of hydrogen-bond acceptors (Lipinski definition) is 8. The van der Waals surface area contributed by atoms with Gasteiger partial charge in [0.25, 0.3) is 0 Å². The molecular formula is C6H12O9S. The molecule has 0 radical (unpaired) electrons. The van der Waals surface area contributed by atoms with Gasteiger partial charge < -0.3 is 25.2 Å². The standard InChI is InChI=1S/C6H12O9S/c7-1-3(9)5(11)6(4(10)2-8)15-16(12,13)14/h1,3-6,8-11H,2H2,(H,12,13,14)/t3-,4-,5+,6+/m1/s1. The van der Waals surface area contributed by atoms with E-state index in [4.69, 9.17) is 19.9 Å². The molecule has 0 spiro atoms. The first kappa shape index (κ1) is 15.4. The van der Waals surface area contributed by atoms with Gasteiger partial charge in [-0.05, 0) is 0 Å². The zero-order valence-electron chi connectivity index (χ0n) is 7.87. The molecule has 0 aliphatic carbocycles. The van der Waals surface area contributed by atoms with Crippen LogP contribution >= 0.6 is 0 Å². The summed E-state index contributed by atoms with van der Waals surface area (Å²) in [6, 6.07) is 0. The molecule has 16 heavy (non-hydrogen) atoms. The van der Waals surface area contributed by atoms with Crippen LogP contribution in [-0.4, -0.2) is 70.7 Å². The molecule has 0 saturated heterocycles. The molecule has 0 aromatic carbocycles. The minimum Gasteiger partial charge on any atom is -0.394 e. The second-order valence-corrected chi connectivity index (χ2v) is 3.90. The third-order valence-electron chi connectivity index (χ3n) is 1.62. The van der Waals surface area contributed by atoms with E-state index in [1.54, 1.807) is 0 Å². The van der Waals surface area contributed by atoms with Gasteiger partial charge in [-0.1, -0.05) is 0 Å². The Labute approximate surface area is 90.9 Å². The van der Waals surface area contributed by atoms with E-state index in [0.29, 0.717) is 0 Å². The topological polar surface area (TPSA) is 162 Å². The Morgan fingerprint density at radius 1 is 1.25 bits per heavy atom. The molecule has 4 atom stereocenters. The molecule has 0 bridgehead atoms. The van der Waals surface area contributed by atoms with Crippen molar-refractivity contribution in [3.05, 3.63) is 0 Å². The smallest absolute Gasteiger partial charge is 0.394 e. The van der Waals surface area contributed by atoms with Crippen LogP contribution in [0.4, 0.5) is 0 Å². The molecule has 0 aromatic heterocycles. The number of carbonyl (C=O) groups is 1. The molecule has 0 rings (SSSR count). The minimum absolute atomic E-state index is 0.130. The highest BCUT2D eigenvalue weighted by molar-refractivity contribution is 7.80. The predicted octanol–water partition coefficient (Wildman–Crippen LogP) is -3.55. The molecule has 0 unspecified atom stereocenters. The van der Waals surface area contributed by atoms with Gasteiger partial charge in [-0.2, -0.15) is 8.42 Å². The summed E-state index contributed by atoms with van der Waals surface area (Å²) in [4.78, 5) is 10.1. The van der Waals surface area contributed by atoms with E-state index in [1.807, 2.05) is 0 Å². The minimum atomic E-state index is -5.02. The lowest BCUT2D eigenvalue weighted by molar-refractivity contribution is -0.132. The van der Waals surface area contributed by atoms with Crippen molar-refractivity contribution in [3.63, 3.8) is 0 Å². The molecule has 0 amide bonds. The molecule has 0 aliphatic rings. The van der Waals surface area contributed by atoms with E-state index < -0.39 is 41.4 Å². The number of aldehydes is 1. The van der Waals surface area contributed by atoms with Crippen molar-refractivity contribution < 1.29 is 42.4 Å². The highest BCUT2D eigenvalue weighted by Crippen LogP contribution is 2.11. The van der Waals surface area contributed by atoms with Crippen LogP contribution in [0.2, 0.25) is 0 Å². The normalized spacial score (nSPS) is 19.8. The maximum atomic E-state index is 10.3. The first-order chi connectivity index (χ1) is 7.22. The van der Waals surface area contributed by atoms with Crippen molar-refractivity contribution in [2.24, 2.45) is 0 Å². The number of carbonyl (C=O) groups excluding carboxylic acids is 1. The third kappa shape index (κ3) is 4.94. The molecule has 0 aliphatic heterocycles. The second kappa shape index (κ2) is 6.20. The van der Waals surface area contributed by atoms with Crippen LogP contribution in [-0.2, 0) is 19.4 Å². The molecule has 5 N–H and O–H groups in total. The number of aliphatic hydroxyl groups is 4. The van der Waals surface area contributed by atoms with Gasteiger partial charge in [0.2, 0.25) is 0 Å². The van der Waals surface area contributed by atoms with Gasteiger partial charge in [0.15, 0.2) is 6.29 Å². The molecule has 0 fully saturated rings. The molecule has 9 nitrogen and oxygen atoms in total. The second-order valence-electron chi connectivity index (χ2n) is 2.86. The summed E-state index contributed by atoms with van der Waals surface area (Å²) >= 11 is 0. The largest absolute Gasteiger partial charge is 0.397 e. The highest BCUT2D eigenvalue weighted by Gasteiger charge is 2.35. The molecule has 10 heteroatoms. The number of hydrogen-bond donors (Lipinski definition) is 5. The van der Waals surface area contributed by atoms with Crippen LogP contribution in [0.3, 0.4) is 0 Å². The molecule has 0 heterocycles. The van der Waals surface area contributed by atoms with Crippen LogP contribution in [0, 0.1) is 0 Å². The number of rotatable bonds is 7.